The first-order valence-corrected chi connectivity index (χ1v) is 10.1. The van der Waals surface area contributed by atoms with Crippen molar-refractivity contribution in [2.24, 2.45) is 0 Å². The van der Waals surface area contributed by atoms with Crippen LogP contribution in [0.4, 0.5) is 0 Å². The summed E-state index contributed by atoms with van der Waals surface area (Å²) in [6.45, 7) is 5.73. The lowest BCUT2D eigenvalue weighted by molar-refractivity contribution is -0.675. The van der Waals surface area contributed by atoms with Gasteiger partial charge in [-0.1, -0.05) is 58.8 Å². The summed E-state index contributed by atoms with van der Waals surface area (Å²) in [6, 6.07) is 0. The fourth-order valence-corrected chi connectivity index (χ4v) is 3.42. The second kappa shape index (κ2) is 15.7. The Morgan fingerprint density at radius 1 is 0.864 bits per heavy atom. The molecule has 0 N–H and O–H groups in total. The van der Waals surface area contributed by atoms with Crippen LogP contribution in [0, 0.1) is 0 Å². The van der Waals surface area contributed by atoms with Gasteiger partial charge in [0.15, 0.2) is 0 Å². The van der Waals surface area contributed by atoms with E-state index in [2.05, 4.69) is 53.5 Å². The molecule has 1 aromatic rings. The maximum absolute atomic E-state index is 2.34. The molecular formula is C18H35ClN2S. The van der Waals surface area contributed by atoms with E-state index in [1.54, 1.807) is 0 Å². The molecule has 0 amide bonds. The lowest BCUT2D eigenvalue weighted by Gasteiger charge is -1.99. The van der Waals surface area contributed by atoms with Crippen molar-refractivity contribution in [1.29, 1.82) is 0 Å². The van der Waals surface area contributed by atoms with Crippen molar-refractivity contribution in [3.63, 3.8) is 0 Å². The zero-order valence-corrected chi connectivity index (χ0v) is 16.2. The number of aromatic nitrogens is 2. The van der Waals surface area contributed by atoms with Crippen LogP contribution in [0.15, 0.2) is 18.7 Å². The van der Waals surface area contributed by atoms with Crippen molar-refractivity contribution in [2.75, 3.05) is 5.75 Å². The van der Waals surface area contributed by atoms with Crippen LogP contribution in [0.3, 0.4) is 0 Å². The highest BCUT2D eigenvalue weighted by Gasteiger charge is 2.03. The summed E-state index contributed by atoms with van der Waals surface area (Å²) >= 11 is 2.06. The maximum atomic E-state index is 2.34. The smallest absolute Gasteiger partial charge is 0.244 e. The van der Waals surface area contributed by atoms with Crippen molar-refractivity contribution >= 4 is 11.8 Å². The Bertz CT molecular complexity index is 311. The molecule has 0 aliphatic heterocycles. The molecule has 0 saturated carbocycles. The van der Waals surface area contributed by atoms with Crippen LogP contribution in [0.25, 0.3) is 0 Å². The summed E-state index contributed by atoms with van der Waals surface area (Å²) in [5.41, 5.74) is 0. The van der Waals surface area contributed by atoms with Crippen LogP contribution in [-0.2, 0) is 12.4 Å². The number of rotatable bonds is 14. The minimum absolute atomic E-state index is 0. The first-order valence-electron chi connectivity index (χ1n) is 8.99. The van der Waals surface area contributed by atoms with Gasteiger partial charge in [0.05, 0.1) is 6.54 Å². The van der Waals surface area contributed by atoms with Gasteiger partial charge >= 0.3 is 0 Å². The Balaban J connectivity index is 0.00000441. The highest BCUT2D eigenvalue weighted by Crippen LogP contribution is 2.08. The van der Waals surface area contributed by atoms with Gasteiger partial charge in [-0.25, -0.2) is 9.13 Å². The molecule has 1 rings (SSSR count). The number of hydrogen-bond acceptors (Lipinski definition) is 1. The summed E-state index contributed by atoms with van der Waals surface area (Å²) < 4.78 is 4.67. The van der Waals surface area contributed by atoms with E-state index in [0.29, 0.717) is 0 Å². The first-order chi connectivity index (χ1) is 10.4. The fraction of sp³-hybridized carbons (Fsp3) is 0.833. The number of halogens is 1. The van der Waals surface area contributed by atoms with Crippen LogP contribution >= 0.6 is 11.8 Å². The Labute approximate surface area is 148 Å². The number of thioether (sulfide) groups is 1. The molecule has 0 spiro atoms. The number of unbranched alkanes of at least 4 members (excludes halogenated alkanes) is 8. The van der Waals surface area contributed by atoms with Crippen LogP contribution < -0.4 is 17.0 Å². The third-order valence-electron chi connectivity index (χ3n) is 3.90. The molecule has 0 aliphatic carbocycles. The van der Waals surface area contributed by atoms with E-state index >= 15 is 0 Å². The largest absolute Gasteiger partial charge is 1.00 e. The molecule has 0 aromatic carbocycles. The van der Waals surface area contributed by atoms with Gasteiger partial charge in [0.1, 0.15) is 18.3 Å². The Morgan fingerprint density at radius 2 is 1.50 bits per heavy atom. The van der Waals surface area contributed by atoms with Crippen LogP contribution in [0.1, 0.15) is 78.1 Å². The monoisotopic (exact) mass is 346 g/mol. The van der Waals surface area contributed by atoms with Crippen molar-refractivity contribution in [3.8, 4) is 0 Å². The van der Waals surface area contributed by atoms with E-state index in [4.69, 9.17) is 0 Å². The molecule has 0 radical (unpaired) electrons. The summed E-state index contributed by atoms with van der Waals surface area (Å²) in [7, 11) is 0. The predicted molar refractivity (Wildman–Crippen MR) is 94.6 cm³/mol. The minimum Gasteiger partial charge on any atom is -1.00 e. The number of hydrogen-bond donors (Lipinski definition) is 0. The second-order valence-corrected chi connectivity index (χ2v) is 7.11. The van der Waals surface area contributed by atoms with Gasteiger partial charge in [-0.05, 0) is 25.0 Å². The average molecular weight is 347 g/mol. The quantitative estimate of drug-likeness (QED) is 0.371. The van der Waals surface area contributed by atoms with E-state index in [1.807, 2.05) is 0 Å². The predicted octanol–water partition coefficient (Wildman–Crippen LogP) is 2.41. The minimum atomic E-state index is 0. The maximum Gasteiger partial charge on any atom is 0.244 e. The Kier molecular flexibility index (Phi) is 15.6. The van der Waals surface area contributed by atoms with Crippen LogP contribution in [0.2, 0.25) is 0 Å². The summed E-state index contributed by atoms with van der Waals surface area (Å²) in [6.07, 6.45) is 20.5. The summed E-state index contributed by atoms with van der Waals surface area (Å²) in [5, 5.41) is 0. The van der Waals surface area contributed by atoms with E-state index in [9.17, 15) is 0 Å². The molecule has 2 nitrogen and oxygen atoms in total. The lowest BCUT2D eigenvalue weighted by atomic mass is 10.1. The van der Waals surface area contributed by atoms with E-state index in [-0.39, 0.29) is 12.4 Å². The Hall–Kier alpha value is -0.150. The molecule has 1 heterocycles. The normalized spacial score (nSPS) is 10.6. The van der Waals surface area contributed by atoms with Gasteiger partial charge in [-0.2, -0.15) is 0 Å². The molecule has 22 heavy (non-hydrogen) atoms. The molecule has 1 aromatic heterocycles. The van der Waals surface area contributed by atoms with Crippen LogP contribution in [-0.4, -0.2) is 10.3 Å². The van der Waals surface area contributed by atoms with Crippen molar-refractivity contribution in [1.82, 2.24) is 4.57 Å². The van der Waals surface area contributed by atoms with Gasteiger partial charge in [0, 0.05) is 0 Å². The molecule has 0 aliphatic rings. The van der Waals surface area contributed by atoms with Gasteiger partial charge < -0.3 is 12.4 Å². The standard InChI is InChI=1S/C18H35N2S.ClH/c1-3-5-7-9-10-11-13-19-14-15-20(17-19)18-21-16-12-8-6-4-2;/h14-15,17H,3-13,16,18H2,1-2H3;1H/q+1;/p-1. The Morgan fingerprint density at radius 3 is 2.23 bits per heavy atom. The summed E-state index contributed by atoms with van der Waals surface area (Å²) in [5.74, 6) is 2.41. The third kappa shape index (κ3) is 11.4. The topological polar surface area (TPSA) is 8.81 Å². The van der Waals surface area contributed by atoms with E-state index < -0.39 is 0 Å². The second-order valence-electron chi connectivity index (χ2n) is 6.03. The van der Waals surface area contributed by atoms with E-state index in [1.165, 1.54) is 76.5 Å². The molecular weight excluding hydrogens is 312 g/mol. The zero-order valence-electron chi connectivity index (χ0n) is 14.6. The third-order valence-corrected chi connectivity index (χ3v) is 4.96. The molecule has 0 saturated heterocycles. The lowest BCUT2D eigenvalue weighted by Crippen LogP contribution is -3.00. The molecule has 0 fully saturated rings. The molecule has 0 atom stereocenters. The molecule has 0 bridgehead atoms. The molecule has 130 valence electrons. The summed E-state index contributed by atoms with van der Waals surface area (Å²) in [4.78, 5) is 0. The highest BCUT2D eigenvalue weighted by atomic mass is 35.5. The van der Waals surface area contributed by atoms with Crippen LogP contribution in [0.5, 0.6) is 0 Å². The number of nitrogens with zero attached hydrogens (tertiary/aromatic N) is 2. The van der Waals surface area contributed by atoms with Gasteiger partial charge in [0.2, 0.25) is 6.33 Å². The zero-order chi connectivity index (χ0) is 15.2. The first kappa shape index (κ1) is 21.9. The van der Waals surface area contributed by atoms with Gasteiger partial charge in [-0.3, -0.25) is 0 Å². The molecule has 0 unspecified atom stereocenters. The SMILES string of the molecule is CCCCCCCCn1cc[n+](CSCCCCCC)c1.[Cl-]. The van der Waals surface area contributed by atoms with Gasteiger partial charge in [-0.15, -0.1) is 11.8 Å². The highest BCUT2D eigenvalue weighted by molar-refractivity contribution is 7.98. The van der Waals surface area contributed by atoms with Crippen molar-refractivity contribution < 1.29 is 17.0 Å². The number of aryl methyl sites for hydroxylation is 1. The fourth-order valence-electron chi connectivity index (χ4n) is 2.52. The number of imidazole rings is 1. The molecule has 4 heteroatoms. The van der Waals surface area contributed by atoms with Crippen molar-refractivity contribution in [3.05, 3.63) is 18.7 Å². The van der Waals surface area contributed by atoms with Crippen molar-refractivity contribution in [2.45, 2.75) is 90.5 Å². The average Bonchev–Trinajstić information content (AvgIpc) is 2.94. The van der Waals surface area contributed by atoms with E-state index in [0.717, 1.165) is 5.88 Å². The van der Waals surface area contributed by atoms with Gasteiger partial charge in [0.25, 0.3) is 0 Å².